The van der Waals surface area contributed by atoms with Crippen molar-refractivity contribution in [2.24, 2.45) is 0 Å². The Labute approximate surface area is 78.2 Å². The summed E-state index contributed by atoms with van der Waals surface area (Å²) in [6.45, 7) is 2.10. The largest absolute Gasteiger partial charge is 0.346 e. The lowest BCUT2D eigenvalue weighted by molar-refractivity contribution is 1.27. The van der Waals surface area contributed by atoms with Crippen molar-refractivity contribution in [3.63, 3.8) is 0 Å². The molecule has 0 radical (unpaired) electrons. The minimum atomic E-state index is 0.981. The summed E-state index contributed by atoms with van der Waals surface area (Å²) >= 11 is 2.22. The standard InChI is InChI=1S/C8H7IN2/c1-5-4-7(9)11-8-6(5)2-3-10-8/h2-4H,1H3,(H,10,11). The molecule has 0 unspecified atom stereocenters. The van der Waals surface area contributed by atoms with E-state index in [2.05, 4.69) is 45.5 Å². The molecule has 0 aliphatic rings. The summed E-state index contributed by atoms with van der Waals surface area (Å²) in [4.78, 5) is 7.41. The van der Waals surface area contributed by atoms with E-state index in [0.717, 1.165) is 9.35 Å². The van der Waals surface area contributed by atoms with Gasteiger partial charge in [0.1, 0.15) is 9.35 Å². The molecular weight excluding hydrogens is 251 g/mol. The van der Waals surface area contributed by atoms with Crippen LogP contribution in [-0.4, -0.2) is 9.97 Å². The summed E-state index contributed by atoms with van der Waals surface area (Å²) < 4.78 is 1.04. The molecule has 2 aromatic heterocycles. The third kappa shape index (κ3) is 1.13. The average molecular weight is 258 g/mol. The Balaban J connectivity index is 2.91. The predicted octanol–water partition coefficient (Wildman–Crippen LogP) is 2.48. The van der Waals surface area contributed by atoms with E-state index >= 15 is 0 Å². The third-order valence-corrected chi connectivity index (χ3v) is 2.26. The Bertz CT molecular complexity index is 392. The van der Waals surface area contributed by atoms with Crippen LogP contribution in [0, 0.1) is 10.6 Å². The van der Waals surface area contributed by atoms with Crippen molar-refractivity contribution in [3.05, 3.63) is 27.6 Å². The highest BCUT2D eigenvalue weighted by atomic mass is 127. The number of hydrogen-bond acceptors (Lipinski definition) is 1. The first kappa shape index (κ1) is 7.09. The Hall–Kier alpha value is -0.580. The lowest BCUT2D eigenvalue weighted by Crippen LogP contribution is -1.83. The number of H-pyrrole nitrogens is 1. The van der Waals surface area contributed by atoms with Crippen LogP contribution in [0.4, 0.5) is 0 Å². The van der Waals surface area contributed by atoms with Crippen LogP contribution in [0.15, 0.2) is 18.3 Å². The highest BCUT2D eigenvalue weighted by Gasteiger charge is 1.99. The summed E-state index contributed by atoms with van der Waals surface area (Å²) in [7, 11) is 0. The van der Waals surface area contributed by atoms with Gasteiger partial charge in [-0.1, -0.05) is 0 Å². The smallest absolute Gasteiger partial charge is 0.138 e. The summed E-state index contributed by atoms with van der Waals surface area (Å²) in [5.41, 5.74) is 2.26. The molecule has 2 rings (SSSR count). The van der Waals surface area contributed by atoms with Crippen LogP contribution in [0.1, 0.15) is 5.56 Å². The molecule has 56 valence electrons. The molecule has 0 fully saturated rings. The molecule has 0 amide bonds. The van der Waals surface area contributed by atoms with Gasteiger partial charge in [-0.3, -0.25) is 0 Å². The second kappa shape index (κ2) is 2.48. The maximum absolute atomic E-state index is 4.33. The molecule has 0 aliphatic carbocycles. The van der Waals surface area contributed by atoms with Gasteiger partial charge in [-0.05, 0) is 47.2 Å². The Kier molecular flexibility index (Phi) is 1.60. The maximum Gasteiger partial charge on any atom is 0.138 e. The van der Waals surface area contributed by atoms with E-state index in [4.69, 9.17) is 0 Å². The fourth-order valence-corrected chi connectivity index (χ4v) is 1.88. The van der Waals surface area contributed by atoms with E-state index in [1.807, 2.05) is 12.3 Å². The van der Waals surface area contributed by atoms with Gasteiger partial charge in [0.2, 0.25) is 0 Å². The first-order chi connectivity index (χ1) is 5.27. The number of nitrogens with zero attached hydrogens (tertiary/aromatic N) is 1. The van der Waals surface area contributed by atoms with Crippen molar-refractivity contribution in [3.8, 4) is 0 Å². The van der Waals surface area contributed by atoms with Crippen LogP contribution in [0.5, 0.6) is 0 Å². The number of rotatable bonds is 0. The van der Waals surface area contributed by atoms with Gasteiger partial charge in [0.25, 0.3) is 0 Å². The second-order valence-corrected chi connectivity index (χ2v) is 3.61. The molecule has 2 aromatic rings. The summed E-state index contributed by atoms with van der Waals surface area (Å²) in [6, 6.07) is 4.13. The molecule has 3 heteroatoms. The van der Waals surface area contributed by atoms with Gasteiger partial charge in [0.15, 0.2) is 0 Å². The van der Waals surface area contributed by atoms with Crippen molar-refractivity contribution in [1.29, 1.82) is 0 Å². The summed E-state index contributed by atoms with van der Waals surface area (Å²) in [5.74, 6) is 0. The van der Waals surface area contributed by atoms with Crippen LogP contribution in [0.2, 0.25) is 0 Å². The number of aryl methyl sites for hydroxylation is 1. The lowest BCUT2D eigenvalue weighted by atomic mass is 10.2. The van der Waals surface area contributed by atoms with E-state index in [-0.39, 0.29) is 0 Å². The molecule has 0 saturated carbocycles. The molecule has 0 saturated heterocycles. The molecule has 2 nitrogen and oxygen atoms in total. The molecule has 0 aromatic carbocycles. The molecule has 2 heterocycles. The number of aromatic nitrogens is 2. The zero-order valence-corrected chi connectivity index (χ0v) is 8.21. The quantitative estimate of drug-likeness (QED) is 0.570. The second-order valence-electron chi connectivity index (χ2n) is 2.50. The average Bonchev–Trinajstić information content (AvgIpc) is 2.34. The van der Waals surface area contributed by atoms with Crippen LogP contribution in [0.25, 0.3) is 11.0 Å². The van der Waals surface area contributed by atoms with Gasteiger partial charge < -0.3 is 4.98 Å². The summed E-state index contributed by atoms with van der Waals surface area (Å²) in [6.07, 6.45) is 1.92. The topological polar surface area (TPSA) is 28.7 Å². The van der Waals surface area contributed by atoms with Crippen LogP contribution in [0.3, 0.4) is 0 Å². The minimum Gasteiger partial charge on any atom is -0.346 e. The van der Waals surface area contributed by atoms with Crippen LogP contribution < -0.4 is 0 Å². The molecular formula is C8H7IN2. The van der Waals surface area contributed by atoms with Gasteiger partial charge >= 0.3 is 0 Å². The van der Waals surface area contributed by atoms with E-state index in [9.17, 15) is 0 Å². The van der Waals surface area contributed by atoms with Gasteiger partial charge in [-0.25, -0.2) is 4.98 Å². The van der Waals surface area contributed by atoms with E-state index in [0.29, 0.717) is 0 Å². The van der Waals surface area contributed by atoms with Gasteiger partial charge in [0.05, 0.1) is 0 Å². The Morgan fingerprint density at radius 3 is 3.18 bits per heavy atom. The minimum absolute atomic E-state index is 0.981. The van der Waals surface area contributed by atoms with E-state index in [1.54, 1.807) is 0 Å². The molecule has 0 spiro atoms. The van der Waals surface area contributed by atoms with Crippen LogP contribution >= 0.6 is 22.6 Å². The Morgan fingerprint density at radius 1 is 1.55 bits per heavy atom. The summed E-state index contributed by atoms with van der Waals surface area (Å²) in [5, 5.41) is 1.21. The van der Waals surface area contributed by atoms with Crippen molar-refractivity contribution >= 4 is 33.6 Å². The maximum atomic E-state index is 4.33. The number of nitrogens with one attached hydrogen (secondary N) is 1. The zero-order chi connectivity index (χ0) is 7.84. The molecule has 0 aliphatic heterocycles. The van der Waals surface area contributed by atoms with Crippen LogP contribution in [-0.2, 0) is 0 Å². The van der Waals surface area contributed by atoms with Gasteiger partial charge in [-0.2, -0.15) is 0 Å². The molecule has 11 heavy (non-hydrogen) atoms. The fourth-order valence-electron chi connectivity index (χ4n) is 1.17. The van der Waals surface area contributed by atoms with Crippen molar-refractivity contribution in [1.82, 2.24) is 9.97 Å². The molecule has 0 atom stereocenters. The van der Waals surface area contributed by atoms with Crippen molar-refractivity contribution in [2.45, 2.75) is 6.92 Å². The van der Waals surface area contributed by atoms with E-state index < -0.39 is 0 Å². The highest BCUT2D eigenvalue weighted by Crippen LogP contribution is 2.16. The van der Waals surface area contributed by atoms with Crippen molar-refractivity contribution in [2.75, 3.05) is 0 Å². The molecule has 0 bridgehead atoms. The normalized spacial score (nSPS) is 10.7. The Morgan fingerprint density at radius 2 is 2.36 bits per heavy atom. The highest BCUT2D eigenvalue weighted by molar-refractivity contribution is 14.1. The lowest BCUT2D eigenvalue weighted by Gasteiger charge is -1.95. The van der Waals surface area contributed by atoms with E-state index in [1.165, 1.54) is 10.9 Å². The first-order valence-electron chi connectivity index (χ1n) is 3.37. The predicted molar refractivity (Wildman–Crippen MR) is 53.5 cm³/mol. The first-order valence-corrected chi connectivity index (χ1v) is 4.45. The fraction of sp³-hybridized carbons (Fsp3) is 0.125. The number of hydrogen-bond donors (Lipinski definition) is 1. The number of aromatic amines is 1. The molecule has 1 N–H and O–H groups in total. The SMILES string of the molecule is Cc1cc(I)nc2[nH]ccc12. The number of fused-ring (bicyclic) bond motifs is 1. The monoisotopic (exact) mass is 258 g/mol. The van der Waals surface area contributed by atoms with Gasteiger partial charge in [0, 0.05) is 11.6 Å². The zero-order valence-electron chi connectivity index (χ0n) is 6.06. The van der Waals surface area contributed by atoms with Gasteiger partial charge in [-0.15, -0.1) is 0 Å². The third-order valence-electron chi connectivity index (χ3n) is 1.70. The number of pyridine rings is 1. The number of halogens is 1. The van der Waals surface area contributed by atoms with Crippen molar-refractivity contribution < 1.29 is 0 Å².